The highest BCUT2D eigenvalue weighted by atomic mass is 79.9. The van der Waals surface area contributed by atoms with Gasteiger partial charge in [0.15, 0.2) is 0 Å². The lowest BCUT2D eigenvalue weighted by Crippen LogP contribution is -2.07. The van der Waals surface area contributed by atoms with E-state index < -0.39 is 0 Å². The molecule has 1 nitrogen and oxygen atoms in total. The number of rotatable bonds is 4. The first kappa shape index (κ1) is 12.5. The molecule has 1 heterocycles. The van der Waals surface area contributed by atoms with Gasteiger partial charge in [0.1, 0.15) is 11.6 Å². The molecule has 4 heteroatoms. The zero-order valence-electron chi connectivity index (χ0n) is 8.95. The van der Waals surface area contributed by atoms with Gasteiger partial charge in [0.25, 0.3) is 0 Å². The van der Waals surface area contributed by atoms with E-state index in [-0.39, 0.29) is 18.0 Å². The van der Waals surface area contributed by atoms with Gasteiger partial charge in [0.05, 0.1) is 0 Å². The Morgan fingerprint density at radius 1 is 1.24 bits per heavy atom. The summed E-state index contributed by atoms with van der Waals surface area (Å²) >= 11 is 4.91. The molecule has 0 aliphatic carbocycles. The molecule has 0 fully saturated rings. The minimum absolute atomic E-state index is 0.0262. The number of hydrogen-bond acceptors (Lipinski definition) is 2. The van der Waals surface area contributed by atoms with E-state index in [0.29, 0.717) is 12.0 Å². The molecule has 0 unspecified atom stereocenters. The van der Waals surface area contributed by atoms with E-state index >= 15 is 0 Å². The summed E-state index contributed by atoms with van der Waals surface area (Å²) in [7, 11) is 0. The fraction of sp³-hybridized carbons (Fsp3) is 0.154. The van der Waals surface area contributed by atoms with E-state index in [9.17, 15) is 9.18 Å². The van der Waals surface area contributed by atoms with Gasteiger partial charge in [-0.15, -0.1) is 11.3 Å². The molecule has 0 atom stereocenters. The summed E-state index contributed by atoms with van der Waals surface area (Å²) in [5, 5.41) is 1.93. The first-order valence-electron chi connectivity index (χ1n) is 5.14. The predicted octanol–water partition coefficient (Wildman–Crippen LogP) is 4.00. The van der Waals surface area contributed by atoms with Crippen LogP contribution in [0.1, 0.15) is 10.4 Å². The maximum Gasteiger partial charge on any atom is 0.142 e. The van der Waals surface area contributed by atoms with Crippen molar-refractivity contribution in [3.05, 3.63) is 56.4 Å². The third kappa shape index (κ3) is 3.23. The summed E-state index contributed by atoms with van der Waals surface area (Å²) in [4.78, 5) is 12.8. The van der Waals surface area contributed by atoms with Gasteiger partial charge in [-0.2, -0.15) is 0 Å². The van der Waals surface area contributed by atoms with Gasteiger partial charge in [-0.05, 0) is 39.0 Å². The lowest BCUT2D eigenvalue weighted by Gasteiger charge is -2.02. The van der Waals surface area contributed by atoms with Gasteiger partial charge in [-0.25, -0.2) is 4.39 Å². The highest BCUT2D eigenvalue weighted by Crippen LogP contribution is 2.23. The lowest BCUT2D eigenvalue weighted by molar-refractivity contribution is -0.117. The number of Topliss-reactive ketones (excluding diaryl/α,β-unsaturated/α-hetero) is 1. The monoisotopic (exact) mass is 312 g/mol. The number of halogens is 2. The van der Waals surface area contributed by atoms with Gasteiger partial charge in [-0.3, -0.25) is 4.79 Å². The van der Waals surface area contributed by atoms with Crippen molar-refractivity contribution in [2.45, 2.75) is 12.8 Å². The van der Waals surface area contributed by atoms with Gasteiger partial charge in [0, 0.05) is 22.2 Å². The van der Waals surface area contributed by atoms with Gasteiger partial charge >= 0.3 is 0 Å². The summed E-state index contributed by atoms with van der Waals surface area (Å²) in [6.07, 6.45) is 0.504. The number of thiophene rings is 1. The molecule has 2 aromatic rings. The van der Waals surface area contributed by atoms with E-state index in [1.807, 2.05) is 11.4 Å². The van der Waals surface area contributed by atoms with Crippen LogP contribution in [-0.2, 0) is 17.6 Å². The number of hydrogen-bond donors (Lipinski definition) is 0. The fourth-order valence-electron chi connectivity index (χ4n) is 1.55. The molecule has 0 saturated heterocycles. The molecule has 0 spiro atoms. The third-order valence-corrected chi connectivity index (χ3v) is 4.32. The van der Waals surface area contributed by atoms with E-state index in [1.165, 1.54) is 17.4 Å². The first-order valence-corrected chi connectivity index (χ1v) is 6.81. The van der Waals surface area contributed by atoms with Gasteiger partial charge in [-0.1, -0.05) is 18.2 Å². The third-order valence-electron chi connectivity index (χ3n) is 2.39. The van der Waals surface area contributed by atoms with Crippen LogP contribution in [0.2, 0.25) is 0 Å². The van der Waals surface area contributed by atoms with Crippen LogP contribution < -0.4 is 0 Å². The minimum atomic E-state index is -0.314. The van der Waals surface area contributed by atoms with E-state index in [4.69, 9.17) is 0 Å². The van der Waals surface area contributed by atoms with Crippen LogP contribution in [0.15, 0.2) is 40.2 Å². The van der Waals surface area contributed by atoms with Crippen molar-refractivity contribution in [3.8, 4) is 0 Å². The molecule has 88 valence electrons. The molecule has 17 heavy (non-hydrogen) atoms. The highest BCUT2D eigenvalue weighted by molar-refractivity contribution is 9.10. The van der Waals surface area contributed by atoms with E-state index in [1.54, 1.807) is 18.2 Å². The largest absolute Gasteiger partial charge is 0.299 e. The SMILES string of the molecule is O=C(Cc1ccccc1F)Cc1sccc1Br. The summed E-state index contributed by atoms with van der Waals surface area (Å²) in [6, 6.07) is 8.31. The van der Waals surface area contributed by atoms with Crippen LogP contribution in [0, 0.1) is 5.82 Å². The molecular weight excluding hydrogens is 303 g/mol. The Labute approximate surface area is 111 Å². The fourth-order valence-corrected chi connectivity index (χ4v) is 3.07. The van der Waals surface area contributed by atoms with E-state index in [0.717, 1.165) is 9.35 Å². The average molecular weight is 313 g/mol. The van der Waals surface area contributed by atoms with Crippen LogP contribution in [-0.4, -0.2) is 5.78 Å². The van der Waals surface area contributed by atoms with Gasteiger partial charge in [0.2, 0.25) is 0 Å². The Morgan fingerprint density at radius 2 is 2.00 bits per heavy atom. The molecule has 0 saturated carbocycles. The van der Waals surface area contributed by atoms with Crippen molar-refractivity contribution < 1.29 is 9.18 Å². The minimum Gasteiger partial charge on any atom is -0.299 e. The lowest BCUT2D eigenvalue weighted by atomic mass is 10.1. The van der Waals surface area contributed by atoms with Gasteiger partial charge < -0.3 is 0 Å². The zero-order valence-corrected chi connectivity index (χ0v) is 11.4. The maximum atomic E-state index is 13.3. The van der Waals surface area contributed by atoms with Crippen LogP contribution in [0.25, 0.3) is 0 Å². The molecule has 0 bridgehead atoms. The topological polar surface area (TPSA) is 17.1 Å². The summed E-state index contributed by atoms with van der Waals surface area (Å²) in [6.45, 7) is 0. The second kappa shape index (κ2) is 5.56. The first-order chi connectivity index (χ1) is 8.16. The Balaban J connectivity index is 2.03. The Kier molecular flexibility index (Phi) is 4.07. The number of carbonyl (C=O) groups excluding carboxylic acids is 1. The molecule has 1 aromatic heterocycles. The highest BCUT2D eigenvalue weighted by Gasteiger charge is 2.11. The molecule has 0 radical (unpaired) electrons. The molecule has 2 rings (SSSR count). The smallest absolute Gasteiger partial charge is 0.142 e. The molecule has 0 amide bonds. The molecule has 0 aliphatic heterocycles. The normalized spacial score (nSPS) is 10.5. The molecular formula is C13H10BrFOS. The summed E-state index contributed by atoms with van der Waals surface area (Å²) < 4.78 is 14.3. The quantitative estimate of drug-likeness (QED) is 0.834. The van der Waals surface area contributed by atoms with Crippen molar-refractivity contribution in [1.82, 2.24) is 0 Å². The van der Waals surface area contributed by atoms with E-state index in [2.05, 4.69) is 15.9 Å². The van der Waals surface area contributed by atoms with Crippen molar-refractivity contribution in [2.75, 3.05) is 0 Å². The maximum absolute atomic E-state index is 13.3. The average Bonchev–Trinajstić information content (AvgIpc) is 2.68. The number of carbonyl (C=O) groups is 1. The van der Waals surface area contributed by atoms with Crippen LogP contribution in [0.3, 0.4) is 0 Å². The second-order valence-electron chi connectivity index (χ2n) is 3.68. The number of ketones is 1. The van der Waals surface area contributed by atoms with Crippen LogP contribution in [0.5, 0.6) is 0 Å². The van der Waals surface area contributed by atoms with Crippen molar-refractivity contribution in [2.24, 2.45) is 0 Å². The predicted molar refractivity (Wildman–Crippen MR) is 70.8 cm³/mol. The zero-order chi connectivity index (χ0) is 12.3. The number of benzene rings is 1. The Morgan fingerprint density at radius 3 is 2.65 bits per heavy atom. The van der Waals surface area contributed by atoms with Crippen molar-refractivity contribution in [1.29, 1.82) is 0 Å². The van der Waals surface area contributed by atoms with Crippen LogP contribution >= 0.6 is 27.3 Å². The molecule has 1 aromatic carbocycles. The molecule has 0 aliphatic rings. The van der Waals surface area contributed by atoms with Crippen molar-refractivity contribution in [3.63, 3.8) is 0 Å². The summed E-state index contributed by atoms with van der Waals surface area (Å²) in [5.41, 5.74) is 0.463. The summed E-state index contributed by atoms with van der Waals surface area (Å²) in [5.74, 6) is -0.288. The molecule has 0 N–H and O–H groups in total. The van der Waals surface area contributed by atoms with Crippen LogP contribution in [0.4, 0.5) is 4.39 Å². The Bertz CT molecular complexity index is 536. The standard InChI is InChI=1S/C13H10BrFOS/c14-11-5-6-17-13(11)8-10(16)7-9-3-1-2-4-12(9)15/h1-6H,7-8H2. The Hall–Kier alpha value is -1.00. The van der Waals surface area contributed by atoms with Crippen molar-refractivity contribution >= 4 is 33.0 Å². The second-order valence-corrected chi connectivity index (χ2v) is 5.53.